The third kappa shape index (κ3) is 2.70. The van der Waals surface area contributed by atoms with Gasteiger partial charge in [0.25, 0.3) is 5.72 Å². The van der Waals surface area contributed by atoms with Crippen LogP contribution in [0.2, 0.25) is 0 Å². The minimum absolute atomic E-state index is 0.499. The van der Waals surface area contributed by atoms with Gasteiger partial charge in [-0.2, -0.15) is 0 Å². The summed E-state index contributed by atoms with van der Waals surface area (Å²) in [5, 5.41) is 13.0. The third-order valence-corrected chi connectivity index (χ3v) is 7.11. The highest BCUT2D eigenvalue weighted by atomic mass is 32.2. The fourth-order valence-corrected chi connectivity index (χ4v) is 5.43. The van der Waals surface area contributed by atoms with Gasteiger partial charge in [0.15, 0.2) is 18.0 Å². The highest BCUT2D eigenvalue weighted by Crippen LogP contribution is 2.41. The van der Waals surface area contributed by atoms with Gasteiger partial charge in [-0.25, -0.2) is 9.48 Å². The smallest absolute Gasteiger partial charge is 0.316 e. The first-order chi connectivity index (χ1) is 13.6. The number of anilines is 1. The van der Waals surface area contributed by atoms with Gasteiger partial charge in [-0.15, -0.1) is 0 Å². The Balaban J connectivity index is 1.61. The Kier molecular flexibility index (Phi) is 4.29. The monoisotopic (exact) mass is 397 g/mol. The molecule has 0 radical (unpaired) electrons. The van der Waals surface area contributed by atoms with Crippen molar-refractivity contribution in [1.29, 1.82) is 0 Å². The molecule has 2 aromatic rings. The van der Waals surface area contributed by atoms with E-state index in [0.717, 1.165) is 35.2 Å². The molecule has 0 amide bonds. The normalized spacial score (nSPS) is 23.8. The average Bonchev–Trinajstić information content (AvgIpc) is 3.04. The second-order valence-corrected chi connectivity index (χ2v) is 8.68. The lowest BCUT2D eigenvalue weighted by molar-refractivity contribution is -0.656. The minimum atomic E-state index is -1.09. The maximum atomic E-state index is 11.9. The summed E-state index contributed by atoms with van der Waals surface area (Å²) in [5.74, 6) is 2.54. The molecular formula is C22H25N2O3S+. The molecule has 3 heterocycles. The van der Waals surface area contributed by atoms with Crippen LogP contribution in [-0.2, 0) is 5.72 Å². The van der Waals surface area contributed by atoms with Crippen molar-refractivity contribution >= 4 is 22.6 Å². The van der Waals surface area contributed by atoms with Crippen molar-refractivity contribution in [2.24, 2.45) is 0 Å². The van der Waals surface area contributed by atoms with Crippen LogP contribution < -0.4 is 14.4 Å². The Bertz CT molecular complexity index is 974. The Morgan fingerprint density at radius 2 is 1.93 bits per heavy atom. The Morgan fingerprint density at radius 3 is 2.79 bits per heavy atom. The Labute approximate surface area is 169 Å². The highest BCUT2D eigenvalue weighted by molar-refractivity contribution is 8.13. The summed E-state index contributed by atoms with van der Waals surface area (Å²) in [6.45, 7) is 6.74. The zero-order valence-electron chi connectivity index (χ0n) is 16.3. The summed E-state index contributed by atoms with van der Waals surface area (Å²) in [5.41, 5.74) is 3.45. The number of rotatable bonds is 2. The molecule has 0 spiro atoms. The molecule has 6 heteroatoms. The number of hydrogen-bond donors (Lipinski definition) is 1. The molecule has 0 aliphatic carbocycles. The zero-order valence-corrected chi connectivity index (χ0v) is 17.1. The van der Waals surface area contributed by atoms with E-state index in [1.165, 1.54) is 16.8 Å². The average molecular weight is 398 g/mol. The largest absolute Gasteiger partial charge is 0.486 e. The molecule has 146 valence electrons. The van der Waals surface area contributed by atoms with E-state index in [2.05, 4.69) is 41.5 Å². The molecule has 3 aliphatic rings. The van der Waals surface area contributed by atoms with E-state index in [1.807, 2.05) is 30.0 Å². The van der Waals surface area contributed by atoms with Gasteiger partial charge >= 0.3 is 5.17 Å². The van der Waals surface area contributed by atoms with Gasteiger partial charge in [0.1, 0.15) is 18.9 Å². The summed E-state index contributed by atoms with van der Waals surface area (Å²) in [6.07, 6.45) is 1.06. The SMILES string of the molecule is Cc1cccc(N2C[C@@](O)(c3ccc4c(c3)OCCO4)[N+]3=C2SCCC3)c1C. The summed E-state index contributed by atoms with van der Waals surface area (Å²) in [4.78, 5) is 2.28. The van der Waals surface area contributed by atoms with Crippen LogP contribution in [0, 0.1) is 13.8 Å². The van der Waals surface area contributed by atoms with Gasteiger partial charge in [-0.3, -0.25) is 0 Å². The molecular weight excluding hydrogens is 372 g/mol. The topological polar surface area (TPSA) is 44.9 Å². The number of fused-ring (bicyclic) bond motifs is 1. The fourth-order valence-electron chi connectivity index (χ4n) is 4.26. The lowest BCUT2D eigenvalue weighted by atomic mass is 10.0. The van der Waals surface area contributed by atoms with Gasteiger partial charge in [0.2, 0.25) is 0 Å². The molecule has 2 aromatic carbocycles. The maximum absolute atomic E-state index is 11.9. The van der Waals surface area contributed by atoms with Gasteiger partial charge in [0, 0.05) is 11.3 Å². The predicted octanol–water partition coefficient (Wildman–Crippen LogP) is 3.25. The minimum Gasteiger partial charge on any atom is -0.486 e. The van der Waals surface area contributed by atoms with Crippen LogP contribution in [0.5, 0.6) is 11.5 Å². The number of β-amino-alcohol motifs (C(OH)–C–C–N with tert-alkyl or cyclic N) is 1. The lowest BCUT2D eigenvalue weighted by Crippen LogP contribution is -2.41. The molecule has 0 saturated heterocycles. The van der Waals surface area contributed by atoms with E-state index >= 15 is 0 Å². The van der Waals surface area contributed by atoms with E-state index in [0.29, 0.717) is 25.5 Å². The van der Waals surface area contributed by atoms with E-state index in [-0.39, 0.29) is 0 Å². The van der Waals surface area contributed by atoms with Crippen molar-refractivity contribution < 1.29 is 19.2 Å². The van der Waals surface area contributed by atoms with Crippen molar-refractivity contribution in [2.45, 2.75) is 26.0 Å². The number of amidine groups is 1. The number of aliphatic hydroxyl groups is 1. The van der Waals surface area contributed by atoms with E-state index in [9.17, 15) is 5.11 Å². The van der Waals surface area contributed by atoms with E-state index in [4.69, 9.17) is 9.47 Å². The standard InChI is InChI=1S/C22H25N2O3S/c1-15-5-3-6-18(16(15)2)23-14-22(25,24-9-4-12-28-21(23)24)17-7-8-19-20(13-17)27-11-10-26-19/h3,5-8,13,25H,4,9-12,14H2,1-2H3/q+1/t22-/m1/s1. The molecule has 28 heavy (non-hydrogen) atoms. The van der Waals surface area contributed by atoms with Crippen LogP contribution in [0.25, 0.3) is 0 Å². The second kappa shape index (κ2) is 6.71. The molecule has 0 saturated carbocycles. The first-order valence-electron chi connectivity index (χ1n) is 9.81. The van der Waals surface area contributed by atoms with Crippen molar-refractivity contribution in [2.75, 3.05) is 37.0 Å². The number of nitrogens with zero attached hydrogens (tertiary/aromatic N) is 2. The van der Waals surface area contributed by atoms with Crippen molar-refractivity contribution in [3.63, 3.8) is 0 Å². The van der Waals surface area contributed by atoms with Crippen LogP contribution in [0.4, 0.5) is 5.69 Å². The number of benzene rings is 2. The molecule has 0 bridgehead atoms. The first-order valence-corrected chi connectivity index (χ1v) is 10.8. The van der Waals surface area contributed by atoms with Crippen LogP contribution in [0.3, 0.4) is 0 Å². The second-order valence-electron chi connectivity index (χ2n) is 7.62. The van der Waals surface area contributed by atoms with Crippen molar-refractivity contribution in [3.05, 3.63) is 53.1 Å². The quantitative estimate of drug-likeness (QED) is 0.789. The van der Waals surface area contributed by atoms with Crippen LogP contribution in [0.1, 0.15) is 23.1 Å². The summed E-state index contributed by atoms with van der Waals surface area (Å²) in [6, 6.07) is 12.2. The summed E-state index contributed by atoms with van der Waals surface area (Å²) < 4.78 is 13.6. The Hall–Kier alpha value is -2.18. The number of hydrogen-bond acceptors (Lipinski definition) is 5. The zero-order chi connectivity index (χ0) is 19.3. The molecule has 1 atom stereocenters. The number of ether oxygens (including phenoxy) is 2. The molecule has 0 aromatic heterocycles. The van der Waals surface area contributed by atoms with Crippen LogP contribution >= 0.6 is 11.8 Å². The lowest BCUT2D eigenvalue weighted by Gasteiger charge is -2.26. The fraction of sp³-hybridized carbons (Fsp3) is 0.409. The predicted molar refractivity (Wildman–Crippen MR) is 112 cm³/mol. The highest BCUT2D eigenvalue weighted by Gasteiger charge is 2.53. The molecule has 3 aliphatic heterocycles. The molecule has 5 nitrogen and oxygen atoms in total. The Morgan fingerprint density at radius 1 is 1.11 bits per heavy atom. The van der Waals surface area contributed by atoms with E-state index < -0.39 is 5.72 Å². The van der Waals surface area contributed by atoms with Crippen LogP contribution in [0.15, 0.2) is 36.4 Å². The van der Waals surface area contributed by atoms with Crippen molar-refractivity contribution in [1.82, 2.24) is 0 Å². The number of aryl methyl sites for hydroxylation is 1. The molecule has 5 rings (SSSR count). The van der Waals surface area contributed by atoms with Gasteiger partial charge in [-0.05, 0) is 67.4 Å². The maximum Gasteiger partial charge on any atom is 0.316 e. The van der Waals surface area contributed by atoms with Crippen LogP contribution in [-0.4, -0.2) is 46.9 Å². The number of thioether (sulfide) groups is 1. The molecule has 0 fully saturated rings. The molecule has 0 unspecified atom stereocenters. The first kappa shape index (κ1) is 17.9. The van der Waals surface area contributed by atoms with Crippen molar-refractivity contribution in [3.8, 4) is 11.5 Å². The van der Waals surface area contributed by atoms with Gasteiger partial charge < -0.3 is 14.6 Å². The van der Waals surface area contributed by atoms with Gasteiger partial charge in [-0.1, -0.05) is 12.1 Å². The third-order valence-electron chi connectivity index (χ3n) is 5.92. The molecule has 1 N–H and O–H groups in total. The summed E-state index contributed by atoms with van der Waals surface area (Å²) >= 11 is 1.83. The van der Waals surface area contributed by atoms with E-state index in [1.54, 1.807) is 0 Å². The summed E-state index contributed by atoms with van der Waals surface area (Å²) in [7, 11) is 0. The van der Waals surface area contributed by atoms with Gasteiger partial charge in [0.05, 0.1) is 6.54 Å².